The van der Waals surface area contributed by atoms with Gasteiger partial charge in [-0.1, -0.05) is 0 Å². The molecule has 116 valence electrons. The van der Waals surface area contributed by atoms with Crippen LogP contribution in [0.25, 0.3) is 0 Å². The highest BCUT2D eigenvalue weighted by atomic mass is 19.4. The first-order valence-corrected chi connectivity index (χ1v) is 6.41. The van der Waals surface area contributed by atoms with E-state index in [1.807, 2.05) is 6.92 Å². The van der Waals surface area contributed by atoms with Gasteiger partial charge in [0.2, 0.25) is 5.91 Å². The molecule has 1 amide bonds. The van der Waals surface area contributed by atoms with Crippen molar-refractivity contribution in [1.82, 2.24) is 5.32 Å². The Hall–Kier alpha value is -2.05. The van der Waals surface area contributed by atoms with Gasteiger partial charge in [0, 0.05) is 18.4 Å². The van der Waals surface area contributed by atoms with E-state index in [4.69, 9.17) is 4.74 Å². The second kappa shape index (κ2) is 7.66. The van der Waals surface area contributed by atoms with Crippen LogP contribution in [0.1, 0.15) is 30.1 Å². The number of amides is 1. The smallest absolute Gasteiger partial charge is 0.405 e. The zero-order chi connectivity index (χ0) is 15.9. The summed E-state index contributed by atoms with van der Waals surface area (Å²) in [6.45, 7) is 0.953. The summed E-state index contributed by atoms with van der Waals surface area (Å²) in [6.07, 6.45) is -4.87. The van der Waals surface area contributed by atoms with Crippen LogP contribution < -0.4 is 10.1 Å². The molecule has 1 rings (SSSR count). The maximum absolute atomic E-state index is 11.9. The van der Waals surface area contributed by atoms with Crippen LogP contribution in [0.3, 0.4) is 0 Å². The van der Waals surface area contributed by atoms with Gasteiger partial charge in [-0.25, -0.2) is 0 Å². The van der Waals surface area contributed by atoms with Gasteiger partial charge >= 0.3 is 6.18 Å². The number of hydrogen-bond donors (Lipinski definition) is 1. The first-order chi connectivity index (χ1) is 9.81. The molecule has 0 fully saturated rings. The van der Waals surface area contributed by atoms with E-state index in [0.717, 1.165) is 0 Å². The monoisotopic (exact) mass is 303 g/mol. The molecule has 0 aliphatic carbocycles. The normalized spacial score (nSPS) is 11.0. The van der Waals surface area contributed by atoms with Gasteiger partial charge in [0.1, 0.15) is 12.3 Å². The van der Waals surface area contributed by atoms with E-state index >= 15 is 0 Å². The number of carbonyl (C=O) groups is 2. The van der Waals surface area contributed by atoms with Crippen LogP contribution in [0, 0.1) is 0 Å². The molecule has 0 bridgehead atoms. The topological polar surface area (TPSA) is 55.4 Å². The van der Waals surface area contributed by atoms with Gasteiger partial charge in [-0.15, -0.1) is 0 Å². The number of ketones is 1. The van der Waals surface area contributed by atoms with Gasteiger partial charge in [-0.2, -0.15) is 13.2 Å². The van der Waals surface area contributed by atoms with E-state index in [2.05, 4.69) is 0 Å². The molecule has 0 aromatic heterocycles. The minimum atomic E-state index is -4.45. The summed E-state index contributed by atoms with van der Waals surface area (Å²) in [5.41, 5.74) is 0.391. The zero-order valence-electron chi connectivity index (χ0n) is 11.5. The molecular formula is C14H16F3NO3. The highest BCUT2D eigenvalue weighted by Crippen LogP contribution is 2.14. The van der Waals surface area contributed by atoms with E-state index in [1.54, 1.807) is 29.6 Å². The summed E-state index contributed by atoms with van der Waals surface area (Å²) in [5.74, 6) is -0.483. The molecule has 7 heteroatoms. The van der Waals surface area contributed by atoms with Crippen LogP contribution in [-0.4, -0.2) is 31.0 Å². The molecule has 0 aliphatic heterocycles. The molecule has 0 unspecified atom stereocenters. The largest absolute Gasteiger partial charge is 0.494 e. The van der Waals surface area contributed by atoms with Crippen molar-refractivity contribution < 1.29 is 27.5 Å². The molecule has 0 heterocycles. The van der Waals surface area contributed by atoms with E-state index in [0.29, 0.717) is 17.9 Å². The predicted molar refractivity (Wildman–Crippen MR) is 70.2 cm³/mol. The van der Waals surface area contributed by atoms with Gasteiger partial charge in [-0.3, -0.25) is 9.59 Å². The highest BCUT2D eigenvalue weighted by Gasteiger charge is 2.27. The Morgan fingerprint density at radius 2 is 1.76 bits per heavy atom. The highest BCUT2D eigenvalue weighted by molar-refractivity contribution is 5.98. The standard InChI is InChI=1S/C14H16F3NO3/c1-2-21-11-5-3-10(4-6-11)12(19)7-8-13(20)18-9-14(15,16)17/h3-6H,2,7-9H2,1H3,(H,18,20). The molecular weight excluding hydrogens is 287 g/mol. The zero-order valence-corrected chi connectivity index (χ0v) is 11.5. The third-order valence-corrected chi connectivity index (χ3v) is 2.55. The van der Waals surface area contributed by atoms with Gasteiger partial charge in [-0.05, 0) is 31.2 Å². The molecule has 21 heavy (non-hydrogen) atoms. The lowest BCUT2D eigenvalue weighted by molar-refractivity contribution is -0.138. The molecule has 0 atom stereocenters. The number of hydrogen-bond acceptors (Lipinski definition) is 3. The third-order valence-electron chi connectivity index (χ3n) is 2.55. The van der Waals surface area contributed by atoms with Gasteiger partial charge in [0.15, 0.2) is 5.78 Å². The van der Waals surface area contributed by atoms with Crippen molar-refractivity contribution in [3.8, 4) is 5.75 Å². The van der Waals surface area contributed by atoms with Crippen LogP contribution in [0.2, 0.25) is 0 Å². The number of nitrogens with one attached hydrogen (secondary N) is 1. The van der Waals surface area contributed by atoms with E-state index in [1.165, 1.54) is 0 Å². The number of alkyl halides is 3. The van der Waals surface area contributed by atoms with Crippen LogP contribution >= 0.6 is 0 Å². The lowest BCUT2D eigenvalue weighted by Crippen LogP contribution is -2.33. The summed E-state index contributed by atoms with van der Waals surface area (Å²) in [4.78, 5) is 23.0. The Kier molecular flexibility index (Phi) is 6.20. The van der Waals surface area contributed by atoms with Crippen LogP contribution in [0.5, 0.6) is 5.75 Å². The number of ether oxygens (including phenoxy) is 1. The average Bonchev–Trinajstić information content (AvgIpc) is 2.43. The lowest BCUT2D eigenvalue weighted by Gasteiger charge is -2.08. The van der Waals surface area contributed by atoms with Crippen molar-refractivity contribution in [1.29, 1.82) is 0 Å². The first-order valence-electron chi connectivity index (χ1n) is 6.41. The quantitative estimate of drug-likeness (QED) is 0.788. The number of rotatable bonds is 7. The summed E-state index contributed by atoms with van der Waals surface area (Å²) < 4.78 is 40.9. The molecule has 0 saturated carbocycles. The van der Waals surface area contributed by atoms with Gasteiger partial charge in [0.25, 0.3) is 0 Å². The minimum Gasteiger partial charge on any atom is -0.494 e. The maximum Gasteiger partial charge on any atom is 0.405 e. The summed E-state index contributed by atoms with van der Waals surface area (Å²) in [5, 5.41) is 1.72. The van der Waals surface area contributed by atoms with E-state index in [9.17, 15) is 22.8 Å². The van der Waals surface area contributed by atoms with Crippen molar-refractivity contribution in [3.05, 3.63) is 29.8 Å². The summed E-state index contributed by atoms with van der Waals surface area (Å²) >= 11 is 0. The molecule has 0 spiro atoms. The molecule has 1 N–H and O–H groups in total. The minimum absolute atomic E-state index is 0.141. The number of halogens is 3. The number of benzene rings is 1. The van der Waals surface area contributed by atoms with E-state index < -0.39 is 18.6 Å². The Morgan fingerprint density at radius 1 is 1.14 bits per heavy atom. The second-order valence-corrected chi connectivity index (χ2v) is 4.27. The van der Waals surface area contributed by atoms with Crippen molar-refractivity contribution in [2.24, 2.45) is 0 Å². The maximum atomic E-state index is 11.9. The van der Waals surface area contributed by atoms with Crippen molar-refractivity contribution in [2.45, 2.75) is 25.9 Å². The Morgan fingerprint density at radius 3 is 2.29 bits per heavy atom. The molecule has 0 saturated heterocycles. The Labute approximate surface area is 120 Å². The predicted octanol–water partition coefficient (Wildman–Crippen LogP) is 2.73. The Balaban J connectivity index is 2.41. The number of carbonyl (C=O) groups excluding carboxylic acids is 2. The van der Waals surface area contributed by atoms with Crippen molar-refractivity contribution >= 4 is 11.7 Å². The fraction of sp³-hybridized carbons (Fsp3) is 0.429. The first kappa shape index (κ1) is 17.0. The molecule has 0 radical (unpaired) electrons. The molecule has 4 nitrogen and oxygen atoms in total. The second-order valence-electron chi connectivity index (χ2n) is 4.27. The van der Waals surface area contributed by atoms with E-state index in [-0.39, 0.29) is 18.6 Å². The van der Waals surface area contributed by atoms with Crippen LogP contribution in [0.4, 0.5) is 13.2 Å². The molecule has 1 aromatic carbocycles. The summed E-state index contributed by atoms with van der Waals surface area (Å²) in [7, 11) is 0. The average molecular weight is 303 g/mol. The third kappa shape index (κ3) is 6.78. The van der Waals surface area contributed by atoms with Crippen molar-refractivity contribution in [2.75, 3.05) is 13.2 Å². The number of Topliss-reactive ketones (excluding diaryl/α,β-unsaturated/α-hetero) is 1. The van der Waals surface area contributed by atoms with Gasteiger partial charge in [0.05, 0.1) is 6.61 Å². The van der Waals surface area contributed by atoms with Crippen LogP contribution in [0.15, 0.2) is 24.3 Å². The Bertz CT molecular complexity index is 483. The van der Waals surface area contributed by atoms with Crippen LogP contribution in [-0.2, 0) is 4.79 Å². The van der Waals surface area contributed by atoms with Crippen molar-refractivity contribution in [3.63, 3.8) is 0 Å². The summed E-state index contributed by atoms with van der Waals surface area (Å²) in [6, 6.07) is 6.36. The van der Waals surface area contributed by atoms with Gasteiger partial charge < -0.3 is 10.1 Å². The molecule has 0 aliphatic rings. The fourth-order valence-corrected chi connectivity index (χ4v) is 1.56. The molecule has 1 aromatic rings. The fourth-order valence-electron chi connectivity index (χ4n) is 1.56. The SMILES string of the molecule is CCOc1ccc(C(=O)CCC(=O)NCC(F)(F)F)cc1. The lowest BCUT2D eigenvalue weighted by atomic mass is 10.1.